The number of fused-ring (bicyclic) bond motifs is 3. The Morgan fingerprint density at radius 1 is 1.10 bits per heavy atom. The fraction of sp³-hybridized carbons (Fsp3) is 0.545. The van der Waals surface area contributed by atoms with Gasteiger partial charge in [-0.05, 0) is 62.3 Å². The van der Waals surface area contributed by atoms with E-state index in [1.54, 1.807) is 25.7 Å². The summed E-state index contributed by atoms with van der Waals surface area (Å²) in [7, 11) is 0. The van der Waals surface area contributed by atoms with Crippen molar-refractivity contribution in [3.05, 3.63) is 59.7 Å². The summed E-state index contributed by atoms with van der Waals surface area (Å²) in [5.74, 6) is -0.285. The molecule has 2 amide bonds. The van der Waals surface area contributed by atoms with E-state index in [1.807, 2.05) is 0 Å². The SMILES string of the molecule is CCC[C@H]1CN(C[C@H](NC(=O)OC(C)(C)C)C(=O)N2CCCC2C#N)CC(O)N1C1c2ccccc2-c2ccccc21. The van der Waals surface area contributed by atoms with E-state index in [0.29, 0.717) is 26.1 Å². The van der Waals surface area contributed by atoms with E-state index >= 15 is 0 Å². The van der Waals surface area contributed by atoms with E-state index in [0.717, 1.165) is 19.3 Å². The lowest BCUT2D eigenvalue weighted by Gasteiger charge is -2.48. The van der Waals surface area contributed by atoms with Crippen molar-refractivity contribution in [3.63, 3.8) is 0 Å². The number of carbonyl (C=O) groups excluding carboxylic acids is 2. The number of β-amino-alcohol motifs (C(OH)–C–C–N with tert-alkyl or cyclic N) is 1. The lowest BCUT2D eigenvalue weighted by Crippen LogP contribution is -2.63. The van der Waals surface area contributed by atoms with Crippen molar-refractivity contribution in [2.45, 2.75) is 89.4 Å². The van der Waals surface area contributed by atoms with Crippen LogP contribution in [0.15, 0.2) is 48.5 Å². The summed E-state index contributed by atoms with van der Waals surface area (Å²) in [4.78, 5) is 32.5. The molecule has 2 aliphatic heterocycles. The number of nitrogens with zero attached hydrogens (tertiary/aromatic N) is 4. The molecule has 2 aromatic rings. The highest BCUT2D eigenvalue weighted by Gasteiger charge is 2.44. The summed E-state index contributed by atoms with van der Waals surface area (Å²) in [5.41, 5.74) is 4.08. The summed E-state index contributed by atoms with van der Waals surface area (Å²) >= 11 is 0. The zero-order valence-electron chi connectivity index (χ0n) is 25.1. The van der Waals surface area contributed by atoms with E-state index in [1.165, 1.54) is 22.3 Å². The Morgan fingerprint density at radius 2 is 1.74 bits per heavy atom. The second-order valence-corrected chi connectivity index (χ2v) is 12.7. The van der Waals surface area contributed by atoms with Crippen molar-refractivity contribution in [1.82, 2.24) is 20.0 Å². The first-order valence-electron chi connectivity index (χ1n) is 15.2. The number of nitriles is 1. The maximum absolute atomic E-state index is 13.7. The number of benzene rings is 2. The number of aliphatic hydroxyl groups is 1. The maximum Gasteiger partial charge on any atom is 0.408 e. The van der Waals surface area contributed by atoms with Crippen LogP contribution in [-0.2, 0) is 9.53 Å². The summed E-state index contributed by atoms with van der Waals surface area (Å²) < 4.78 is 5.49. The fourth-order valence-electron chi connectivity index (χ4n) is 6.85. The molecule has 3 aliphatic rings. The smallest absolute Gasteiger partial charge is 0.408 e. The van der Waals surface area contributed by atoms with E-state index in [2.05, 4.69) is 76.6 Å². The summed E-state index contributed by atoms with van der Waals surface area (Å²) in [6.45, 7) is 9.13. The lowest BCUT2D eigenvalue weighted by atomic mass is 9.96. The molecule has 1 aliphatic carbocycles. The first-order valence-corrected chi connectivity index (χ1v) is 15.2. The summed E-state index contributed by atoms with van der Waals surface area (Å²) in [6.07, 6.45) is 1.74. The molecular formula is C33H43N5O4. The van der Waals surface area contributed by atoms with Gasteiger partial charge in [-0.15, -0.1) is 0 Å². The molecule has 2 saturated heterocycles. The van der Waals surface area contributed by atoms with Crippen LogP contribution in [0.3, 0.4) is 0 Å². The third-order valence-corrected chi connectivity index (χ3v) is 8.49. The van der Waals surface area contributed by atoms with Gasteiger partial charge in [0.1, 0.15) is 23.9 Å². The van der Waals surface area contributed by atoms with Crippen molar-refractivity contribution in [2.24, 2.45) is 0 Å². The number of ether oxygens (including phenoxy) is 1. The molecule has 9 nitrogen and oxygen atoms in total. The monoisotopic (exact) mass is 573 g/mol. The third-order valence-electron chi connectivity index (χ3n) is 8.49. The van der Waals surface area contributed by atoms with E-state index in [9.17, 15) is 20.0 Å². The van der Waals surface area contributed by atoms with Crippen LogP contribution in [0.1, 0.15) is 70.5 Å². The normalized spacial score (nSPS) is 23.6. The molecule has 0 spiro atoms. The molecule has 2 aromatic carbocycles. The minimum absolute atomic E-state index is 0.0267. The highest BCUT2D eigenvalue weighted by atomic mass is 16.6. The van der Waals surface area contributed by atoms with Gasteiger partial charge in [-0.25, -0.2) is 4.79 Å². The van der Waals surface area contributed by atoms with Crippen LogP contribution in [0.2, 0.25) is 0 Å². The maximum atomic E-state index is 13.7. The molecule has 2 heterocycles. The number of alkyl carbamates (subject to hydrolysis) is 1. The topological polar surface area (TPSA) is 109 Å². The lowest BCUT2D eigenvalue weighted by molar-refractivity contribution is -0.136. The quantitative estimate of drug-likeness (QED) is 0.509. The molecule has 0 aromatic heterocycles. The van der Waals surface area contributed by atoms with Gasteiger partial charge in [0.15, 0.2) is 0 Å². The standard InChI is InChI=1S/C33H43N5O4/c1-5-11-23-19-36(20-28(35-32(41)42-33(2,3)4)31(40)37-17-10-12-22(37)18-34)21-29(39)38(23)30-26-15-8-6-13-24(26)25-14-7-9-16-27(25)30/h6-9,13-16,22-23,28-30,39H,5,10-12,17,19-21H2,1-4H3,(H,35,41)/t22?,23-,28-,29?/m0/s1. The number of likely N-dealkylation sites (tertiary alicyclic amines) is 1. The van der Waals surface area contributed by atoms with Crippen LogP contribution in [0, 0.1) is 11.3 Å². The van der Waals surface area contributed by atoms with Crippen molar-refractivity contribution < 1.29 is 19.4 Å². The van der Waals surface area contributed by atoms with Crippen molar-refractivity contribution in [3.8, 4) is 17.2 Å². The van der Waals surface area contributed by atoms with E-state index < -0.39 is 30.0 Å². The Morgan fingerprint density at radius 3 is 2.33 bits per heavy atom. The van der Waals surface area contributed by atoms with Crippen LogP contribution in [0.5, 0.6) is 0 Å². The van der Waals surface area contributed by atoms with Crippen molar-refractivity contribution in [1.29, 1.82) is 5.26 Å². The van der Waals surface area contributed by atoms with Crippen LogP contribution in [-0.4, -0.2) is 87.9 Å². The minimum atomic E-state index is -0.900. The predicted octanol–water partition coefficient (Wildman–Crippen LogP) is 4.27. The van der Waals surface area contributed by atoms with Gasteiger partial charge >= 0.3 is 6.09 Å². The molecule has 0 radical (unpaired) electrons. The van der Waals surface area contributed by atoms with Gasteiger partial charge < -0.3 is 20.1 Å². The second kappa shape index (κ2) is 12.4. The number of nitrogens with one attached hydrogen (secondary N) is 1. The average Bonchev–Trinajstić information content (AvgIpc) is 3.55. The summed E-state index contributed by atoms with van der Waals surface area (Å²) in [6, 6.07) is 17.6. The van der Waals surface area contributed by atoms with Gasteiger partial charge in [-0.1, -0.05) is 61.9 Å². The minimum Gasteiger partial charge on any atom is -0.444 e. The molecule has 0 bridgehead atoms. The fourth-order valence-corrected chi connectivity index (χ4v) is 6.85. The second-order valence-electron chi connectivity index (χ2n) is 12.7. The highest BCUT2D eigenvalue weighted by molar-refractivity contribution is 5.86. The van der Waals surface area contributed by atoms with Crippen LogP contribution >= 0.6 is 0 Å². The van der Waals surface area contributed by atoms with E-state index in [-0.39, 0.29) is 24.5 Å². The molecule has 224 valence electrons. The number of rotatable bonds is 7. The Bertz CT molecular complexity index is 1290. The number of carbonyl (C=O) groups is 2. The number of hydrogen-bond donors (Lipinski definition) is 2. The first kappa shape index (κ1) is 30.0. The largest absolute Gasteiger partial charge is 0.444 e. The first-order chi connectivity index (χ1) is 20.1. The molecule has 0 saturated carbocycles. The predicted molar refractivity (Wildman–Crippen MR) is 160 cm³/mol. The molecule has 42 heavy (non-hydrogen) atoms. The number of piperazine rings is 1. The van der Waals surface area contributed by atoms with Crippen LogP contribution < -0.4 is 5.32 Å². The Kier molecular flexibility index (Phi) is 8.88. The Balaban J connectivity index is 1.39. The Hall–Kier alpha value is -3.45. The summed E-state index contributed by atoms with van der Waals surface area (Å²) in [5, 5.41) is 24.2. The zero-order chi connectivity index (χ0) is 30.0. The molecular weight excluding hydrogens is 530 g/mol. The number of aliphatic hydroxyl groups excluding tert-OH is 1. The molecule has 9 heteroatoms. The molecule has 4 atom stereocenters. The zero-order valence-corrected chi connectivity index (χ0v) is 25.1. The highest BCUT2D eigenvalue weighted by Crippen LogP contribution is 2.48. The third kappa shape index (κ3) is 6.17. The van der Waals surface area contributed by atoms with Gasteiger partial charge in [-0.3, -0.25) is 14.6 Å². The van der Waals surface area contributed by atoms with Crippen molar-refractivity contribution >= 4 is 12.0 Å². The van der Waals surface area contributed by atoms with E-state index in [4.69, 9.17) is 4.74 Å². The van der Waals surface area contributed by atoms with Gasteiger partial charge in [-0.2, -0.15) is 5.26 Å². The number of amides is 2. The van der Waals surface area contributed by atoms with Crippen molar-refractivity contribution in [2.75, 3.05) is 26.2 Å². The van der Waals surface area contributed by atoms with Crippen LogP contribution in [0.4, 0.5) is 4.79 Å². The van der Waals surface area contributed by atoms with Crippen LogP contribution in [0.25, 0.3) is 11.1 Å². The number of hydrogen-bond acceptors (Lipinski definition) is 7. The molecule has 2 N–H and O–H groups in total. The molecule has 2 fully saturated rings. The van der Waals surface area contributed by atoms with Gasteiger partial charge in [0.05, 0.1) is 12.1 Å². The van der Waals surface area contributed by atoms with Gasteiger partial charge in [0.25, 0.3) is 0 Å². The van der Waals surface area contributed by atoms with Gasteiger partial charge in [0.2, 0.25) is 5.91 Å². The van der Waals surface area contributed by atoms with Gasteiger partial charge in [0, 0.05) is 32.2 Å². The average molecular weight is 574 g/mol. The molecule has 2 unspecified atom stereocenters. The molecule has 5 rings (SSSR count). The Labute approximate surface area is 249 Å².